The van der Waals surface area contributed by atoms with E-state index >= 15 is 0 Å². The smallest absolute Gasteiger partial charge is 0.257 e. The summed E-state index contributed by atoms with van der Waals surface area (Å²) in [5.74, 6) is -0.283. The van der Waals surface area contributed by atoms with Crippen molar-refractivity contribution >= 4 is 34.8 Å². The van der Waals surface area contributed by atoms with Crippen LogP contribution < -0.4 is 10.6 Å². The Balaban J connectivity index is 1.78. The molecular formula is C23H25ClN2O2. The standard InChI is InChI=1S/C23H25ClN2O2/c1-14(2)13-16-20(23(16,3)4)22(28)25-18-11-7-5-9-15(18)21(27)26-19-12-8-6-10-17(19)24/h5-13,16,20H,1-4H3,(H,25,28)(H,26,27)/t16-,20+/m0/s1. The largest absolute Gasteiger partial charge is 0.325 e. The van der Waals surface area contributed by atoms with Crippen molar-refractivity contribution in [1.82, 2.24) is 0 Å². The van der Waals surface area contributed by atoms with Crippen molar-refractivity contribution in [2.24, 2.45) is 17.3 Å². The molecule has 1 aliphatic rings. The Kier molecular flexibility index (Phi) is 5.61. The van der Waals surface area contributed by atoms with Crippen molar-refractivity contribution in [2.75, 3.05) is 10.6 Å². The molecule has 28 heavy (non-hydrogen) atoms. The van der Waals surface area contributed by atoms with Crippen LogP contribution in [-0.4, -0.2) is 11.8 Å². The molecule has 2 N–H and O–H groups in total. The SMILES string of the molecule is CC(C)=C[C@H]1[C@H](C(=O)Nc2ccccc2C(=O)Nc2ccccc2Cl)C1(C)C. The predicted octanol–water partition coefficient (Wildman–Crippen LogP) is 5.77. The van der Waals surface area contributed by atoms with Crippen LogP contribution in [0.2, 0.25) is 5.02 Å². The van der Waals surface area contributed by atoms with E-state index in [1.165, 1.54) is 5.57 Å². The number of para-hydroxylation sites is 2. The highest BCUT2D eigenvalue weighted by Gasteiger charge is 2.60. The zero-order valence-corrected chi connectivity index (χ0v) is 17.3. The molecule has 2 amide bonds. The first kappa shape index (κ1) is 20.2. The molecule has 1 saturated carbocycles. The number of hydrogen-bond donors (Lipinski definition) is 2. The van der Waals surface area contributed by atoms with E-state index in [1.54, 1.807) is 48.5 Å². The van der Waals surface area contributed by atoms with Crippen molar-refractivity contribution in [3.8, 4) is 0 Å². The van der Waals surface area contributed by atoms with Crippen LogP contribution in [0, 0.1) is 17.3 Å². The lowest BCUT2D eigenvalue weighted by Crippen LogP contribution is -2.20. The number of rotatable bonds is 5. The normalized spacial score (nSPS) is 19.5. The molecular weight excluding hydrogens is 372 g/mol. The van der Waals surface area contributed by atoms with Gasteiger partial charge >= 0.3 is 0 Å². The van der Waals surface area contributed by atoms with E-state index in [2.05, 4.69) is 30.6 Å². The summed E-state index contributed by atoms with van der Waals surface area (Å²) >= 11 is 6.13. The molecule has 0 bridgehead atoms. The van der Waals surface area contributed by atoms with Crippen molar-refractivity contribution in [3.05, 3.63) is 70.8 Å². The van der Waals surface area contributed by atoms with Gasteiger partial charge in [-0.1, -0.05) is 61.4 Å². The number of benzene rings is 2. The number of amides is 2. The molecule has 3 rings (SSSR count). The van der Waals surface area contributed by atoms with E-state index < -0.39 is 0 Å². The summed E-state index contributed by atoms with van der Waals surface area (Å²) in [6, 6.07) is 14.0. The van der Waals surface area contributed by atoms with Gasteiger partial charge in [0.15, 0.2) is 0 Å². The first-order chi connectivity index (χ1) is 13.2. The van der Waals surface area contributed by atoms with Crippen LogP contribution in [0.4, 0.5) is 11.4 Å². The molecule has 0 aliphatic heterocycles. The Hall–Kier alpha value is -2.59. The third-order valence-electron chi connectivity index (χ3n) is 5.26. The lowest BCUT2D eigenvalue weighted by Gasteiger charge is -2.12. The first-order valence-electron chi connectivity index (χ1n) is 9.32. The van der Waals surface area contributed by atoms with Gasteiger partial charge in [-0.2, -0.15) is 0 Å². The van der Waals surface area contributed by atoms with Gasteiger partial charge in [0, 0.05) is 0 Å². The third kappa shape index (κ3) is 4.12. The highest BCUT2D eigenvalue weighted by Crippen LogP contribution is 2.59. The van der Waals surface area contributed by atoms with Crippen molar-refractivity contribution in [2.45, 2.75) is 27.7 Å². The minimum Gasteiger partial charge on any atom is -0.325 e. The van der Waals surface area contributed by atoms with Gasteiger partial charge in [0.2, 0.25) is 5.91 Å². The molecule has 0 saturated heterocycles. The van der Waals surface area contributed by atoms with Crippen molar-refractivity contribution < 1.29 is 9.59 Å². The molecule has 4 nitrogen and oxygen atoms in total. The topological polar surface area (TPSA) is 58.2 Å². The summed E-state index contributed by atoms with van der Waals surface area (Å²) in [7, 11) is 0. The lowest BCUT2D eigenvalue weighted by atomic mass is 10.1. The highest BCUT2D eigenvalue weighted by molar-refractivity contribution is 6.34. The van der Waals surface area contributed by atoms with Crippen LogP contribution in [-0.2, 0) is 4.79 Å². The second-order valence-electron chi connectivity index (χ2n) is 8.04. The van der Waals surface area contributed by atoms with Gasteiger partial charge < -0.3 is 10.6 Å². The summed E-state index contributed by atoms with van der Waals surface area (Å²) in [5, 5.41) is 6.21. The maximum absolute atomic E-state index is 12.9. The number of nitrogens with one attached hydrogen (secondary N) is 2. The molecule has 2 aromatic rings. The number of allylic oxidation sites excluding steroid dienone is 2. The predicted molar refractivity (Wildman–Crippen MR) is 115 cm³/mol. The zero-order valence-electron chi connectivity index (χ0n) is 16.5. The fourth-order valence-electron chi connectivity index (χ4n) is 3.60. The summed E-state index contributed by atoms with van der Waals surface area (Å²) in [6.07, 6.45) is 2.15. The highest BCUT2D eigenvalue weighted by atomic mass is 35.5. The molecule has 146 valence electrons. The van der Waals surface area contributed by atoms with E-state index in [1.807, 2.05) is 13.8 Å². The molecule has 0 radical (unpaired) electrons. The molecule has 0 spiro atoms. The van der Waals surface area contributed by atoms with Crippen molar-refractivity contribution in [3.63, 3.8) is 0 Å². The van der Waals surface area contributed by atoms with Crippen LogP contribution in [0.15, 0.2) is 60.2 Å². The van der Waals surface area contributed by atoms with E-state index in [0.29, 0.717) is 22.0 Å². The average Bonchev–Trinajstić information content (AvgIpc) is 3.16. The molecule has 0 aromatic heterocycles. The van der Waals surface area contributed by atoms with Crippen LogP contribution in [0.25, 0.3) is 0 Å². The lowest BCUT2D eigenvalue weighted by molar-refractivity contribution is -0.118. The van der Waals surface area contributed by atoms with Gasteiger partial charge in [-0.25, -0.2) is 0 Å². The second kappa shape index (κ2) is 7.80. The molecule has 2 aromatic carbocycles. The van der Waals surface area contributed by atoms with E-state index in [0.717, 1.165) is 0 Å². The van der Waals surface area contributed by atoms with E-state index in [-0.39, 0.29) is 29.1 Å². The summed E-state index contributed by atoms with van der Waals surface area (Å²) < 4.78 is 0. The Morgan fingerprint density at radius 1 is 0.964 bits per heavy atom. The van der Waals surface area contributed by atoms with Crippen LogP contribution in [0.1, 0.15) is 38.1 Å². The molecule has 1 aliphatic carbocycles. The molecule has 5 heteroatoms. The van der Waals surface area contributed by atoms with E-state index in [4.69, 9.17) is 11.6 Å². The Morgan fingerprint density at radius 3 is 2.21 bits per heavy atom. The van der Waals surface area contributed by atoms with Crippen molar-refractivity contribution in [1.29, 1.82) is 0 Å². The maximum atomic E-state index is 12.9. The molecule has 0 unspecified atom stereocenters. The first-order valence-corrected chi connectivity index (χ1v) is 9.70. The number of carbonyl (C=O) groups excluding carboxylic acids is 2. The molecule has 1 fully saturated rings. The summed E-state index contributed by atoms with van der Waals surface area (Å²) in [6.45, 7) is 8.27. The number of hydrogen-bond acceptors (Lipinski definition) is 2. The minimum absolute atomic E-state index is 0.0644. The number of anilines is 2. The van der Waals surface area contributed by atoms with Gasteiger partial charge in [-0.15, -0.1) is 0 Å². The summed E-state index contributed by atoms with van der Waals surface area (Å²) in [4.78, 5) is 25.6. The van der Waals surface area contributed by atoms with Gasteiger partial charge in [0.25, 0.3) is 5.91 Å². The van der Waals surface area contributed by atoms with Gasteiger partial charge in [-0.05, 0) is 49.4 Å². The quantitative estimate of drug-likeness (QED) is 0.630. The number of halogens is 1. The average molecular weight is 397 g/mol. The minimum atomic E-state index is -0.320. The third-order valence-corrected chi connectivity index (χ3v) is 5.59. The zero-order chi connectivity index (χ0) is 20.5. The second-order valence-corrected chi connectivity index (χ2v) is 8.44. The molecule has 0 heterocycles. The van der Waals surface area contributed by atoms with Gasteiger partial charge in [-0.3, -0.25) is 9.59 Å². The Morgan fingerprint density at radius 2 is 1.57 bits per heavy atom. The maximum Gasteiger partial charge on any atom is 0.257 e. The fraction of sp³-hybridized carbons (Fsp3) is 0.304. The fourth-order valence-corrected chi connectivity index (χ4v) is 3.78. The Labute approximate surface area is 171 Å². The van der Waals surface area contributed by atoms with E-state index in [9.17, 15) is 9.59 Å². The Bertz CT molecular complexity index is 945. The monoisotopic (exact) mass is 396 g/mol. The van der Waals surface area contributed by atoms with Crippen LogP contribution in [0.5, 0.6) is 0 Å². The summed E-state index contributed by atoms with van der Waals surface area (Å²) in [5.41, 5.74) is 2.54. The number of carbonyl (C=O) groups is 2. The van der Waals surface area contributed by atoms with Gasteiger partial charge in [0.05, 0.1) is 27.9 Å². The van der Waals surface area contributed by atoms with Gasteiger partial charge in [0.1, 0.15) is 0 Å². The molecule has 2 atom stereocenters. The van der Waals surface area contributed by atoms with Crippen LogP contribution >= 0.6 is 11.6 Å². The van der Waals surface area contributed by atoms with Crippen LogP contribution in [0.3, 0.4) is 0 Å².